The standard InChI is InChI=1S/C11H15NO5S.K/c1-9-3-5-10(6-4-9)11(13)12(14)7-2-8-18(15,16)17;/h3-6,14H,2,7-8H2,1H3,(H,15,16,17);/q;+1/p-1. The topological polar surface area (TPSA) is 97.7 Å². The summed E-state index contributed by atoms with van der Waals surface area (Å²) in [5.74, 6) is -1.23. The van der Waals surface area contributed by atoms with Crippen LogP contribution < -0.4 is 51.4 Å². The SMILES string of the molecule is Cc1ccc(C(=O)N(O)CCCS(=O)(=O)[O-])cc1.[K+]. The van der Waals surface area contributed by atoms with Gasteiger partial charge in [-0.2, -0.15) is 0 Å². The predicted molar refractivity (Wildman–Crippen MR) is 63.2 cm³/mol. The largest absolute Gasteiger partial charge is 1.00 e. The van der Waals surface area contributed by atoms with Crippen molar-refractivity contribution in [3.8, 4) is 0 Å². The second-order valence-electron chi connectivity index (χ2n) is 3.91. The number of hydrogen-bond acceptors (Lipinski definition) is 5. The molecule has 100 valence electrons. The zero-order chi connectivity index (χ0) is 13.8. The van der Waals surface area contributed by atoms with Crippen LogP contribution in [0.15, 0.2) is 24.3 Å². The molecule has 1 aromatic rings. The Morgan fingerprint density at radius 1 is 1.32 bits per heavy atom. The Bertz CT molecular complexity index is 514. The Labute approximate surface area is 154 Å². The Hall–Kier alpha value is 0.196. The molecule has 19 heavy (non-hydrogen) atoms. The molecule has 1 rings (SSSR count). The molecular weight excluding hydrogens is 297 g/mol. The summed E-state index contributed by atoms with van der Waals surface area (Å²) in [5, 5.41) is 9.84. The molecule has 1 N–H and O–H groups in total. The van der Waals surface area contributed by atoms with E-state index >= 15 is 0 Å². The fourth-order valence-electron chi connectivity index (χ4n) is 1.34. The van der Waals surface area contributed by atoms with Gasteiger partial charge >= 0.3 is 51.4 Å². The molecule has 0 heterocycles. The maximum absolute atomic E-state index is 11.7. The third-order valence-corrected chi connectivity index (χ3v) is 3.09. The van der Waals surface area contributed by atoms with E-state index in [1.807, 2.05) is 6.92 Å². The average Bonchev–Trinajstić information content (AvgIpc) is 2.27. The molecule has 0 aliphatic carbocycles. The van der Waals surface area contributed by atoms with Crippen molar-refractivity contribution in [2.45, 2.75) is 13.3 Å². The summed E-state index contributed by atoms with van der Waals surface area (Å²) in [7, 11) is -4.31. The molecule has 0 aromatic heterocycles. The molecule has 0 spiro atoms. The first-order valence-electron chi connectivity index (χ1n) is 5.30. The van der Waals surface area contributed by atoms with E-state index in [4.69, 9.17) is 0 Å². The fourth-order valence-corrected chi connectivity index (χ4v) is 1.82. The summed E-state index contributed by atoms with van der Waals surface area (Å²) < 4.78 is 31.0. The monoisotopic (exact) mass is 311 g/mol. The van der Waals surface area contributed by atoms with Gasteiger partial charge in [-0.3, -0.25) is 10.0 Å². The Balaban J connectivity index is 0.00000324. The van der Waals surface area contributed by atoms with E-state index in [0.29, 0.717) is 10.6 Å². The van der Waals surface area contributed by atoms with Crippen LogP contribution in [0, 0.1) is 6.92 Å². The maximum atomic E-state index is 11.7. The minimum Gasteiger partial charge on any atom is -0.748 e. The van der Waals surface area contributed by atoms with Gasteiger partial charge < -0.3 is 4.55 Å². The average molecular weight is 311 g/mol. The Morgan fingerprint density at radius 2 is 1.84 bits per heavy atom. The van der Waals surface area contributed by atoms with Crippen LogP contribution in [0.4, 0.5) is 0 Å². The molecule has 0 bridgehead atoms. The summed E-state index contributed by atoms with van der Waals surface area (Å²) in [4.78, 5) is 11.7. The molecule has 0 aliphatic rings. The van der Waals surface area contributed by atoms with Crippen molar-refractivity contribution in [1.82, 2.24) is 5.06 Å². The number of benzene rings is 1. The third-order valence-electron chi connectivity index (χ3n) is 2.30. The van der Waals surface area contributed by atoms with E-state index in [-0.39, 0.29) is 64.4 Å². The van der Waals surface area contributed by atoms with Crippen molar-refractivity contribution < 1.29 is 74.4 Å². The van der Waals surface area contributed by atoms with Crippen molar-refractivity contribution in [2.75, 3.05) is 12.3 Å². The third kappa shape index (κ3) is 7.52. The van der Waals surface area contributed by atoms with E-state index in [1.165, 1.54) is 0 Å². The zero-order valence-electron chi connectivity index (χ0n) is 10.9. The van der Waals surface area contributed by atoms with Gasteiger partial charge in [0.15, 0.2) is 0 Å². The molecule has 0 saturated heterocycles. The molecule has 8 heteroatoms. The molecule has 0 saturated carbocycles. The summed E-state index contributed by atoms with van der Waals surface area (Å²) in [5.41, 5.74) is 1.28. The summed E-state index contributed by atoms with van der Waals surface area (Å²) in [6, 6.07) is 6.57. The van der Waals surface area contributed by atoms with Crippen molar-refractivity contribution in [2.24, 2.45) is 0 Å². The molecule has 0 atom stereocenters. The van der Waals surface area contributed by atoms with E-state index in [2.05, 4.69) is 0 Å². The quantitative estimate of drug-likeness (QED) is 0.287. The summed E-state index contributed by atoms with van der Waals surface area (Å²) in [6.07, 6.45) is -0.0973. The van der Waals surface area contributed by atoms with Gasteiger partial charge in [0.25, 0.3) is 5.91 Å². The first-order chi connectivity index (χ1) is 8.29. The van der Waals surface area contributed by atoms with Crippen LogP contribution in [-0.4, -0.2) is 41.4 Å². The molecule has 0 aliphatic heterocycles. The van der Waals surface area contributed by atoms with Gasteiger partial charge in [-0.1, -0.05) is 17.7 Å². The van der Waals surface area contributed by atoms with Gasteiger partial charge in [0.1, 0.15) is 0 Å². The Kier molecular flexibility index (Phi) is 8.56. The van der Waals surface area contributed by atoms with Crippen LogP contribution in [0.3, 0.4) is 0 Å². The van der Waals surface area contributed by atoms with Gasteiger partial charge in [-0.05, 0) is 25.5 Å². The second-order valence-corrected chi connectivity index (χ2v) is 5.43. The van der Waals surface area contributed by atoms with Crippen LogP contribution in [0.5, 0.6) is 0 Å². The van der Waals surface area contributed by atoms with Crippen LogP contribution in [0.1, 0.15) is 22.3 Å². The summed E-state index contributed by atoms with van der Waals surface area (Å²) >= 11 is 0. The van der Waals surface area contributed by atoms with Crippen LogP contribution in [0.2, 0.25) is 0 Å². The van der Waals surface area contributed by atoms with Crippen molar-refractivity contribution >= 4 is 16.0 Å². The molecular formula is C11H14KNO5S. The minimum absolute atomic E-state index is 0. The van der Waals surface area contributed by atoms with Crippen molar-refractivity contribution in [3.63, 3.8) is 0 Å². The summed E-state index contributed by atoms with van der Waals surface area (Å²) in [6.45, 7) is 1.66. The number of carbonyl (C=O) groups is 1. The first-order valence-corrected chi connectivity index (χ1v) is 6.88. The van der Waals surface area contributed by atoms with Crippen LogP contribution in [0.25, 0.3) is 0 Å². The molecule has 6 nitrogen and oxygen atoms in total. The molecule has 0 fully saturated rings. The van der Waals surface area contributed by atoms with Crippen LogP contribution in [-0.2, 0) is 10.1 Å². The van der Waals surface area contributed by atoms with Gasteiger partial charge in [-0.25, -0.2) is 13.5 Å². The first kappa shape index (κ1) is 19.2. The van der Waals surface area contributed by atoms with E-state index in [1.54, 1.807) is 24.3 Å². The minimum atomic E-state index is -4.31. The number of amides is 1. The van der Waals surface area contributed by atoms with Gasteiger partial charge in [0.2, 0.25) is 0 Å². The number of carbonyl (C=O) groups excluding carboxylic acids is 1. The normalized spacial score (nSPS) is 10.7. The molecule has 0 unspecified atom stereocenters. The van der Waals surface area contributed by atoms with Gasteiger partial charge in [0, 0.05) is 17.9 Å². The van der Waals surface area contributed by atoms with E-state index in [9.17, 15) is 23.0 Å². The smallest absolute Gasteiger partial charge is 0.748 e. The predicted octanol–water partition coefficient (Wildman–Crippen LogP) is -2.23. The molecule has 1 aromatic carbocycles. The number of aryl methyl sites for hydroxylation is 1. The van der Waals surface area contributed by atoms with E-state index in [0.717, 1.165) is 5.56 Å². The second kappa shape index (κ2) is 8.48. The maximum Gasteiger partial charge on any atom is 1.00 e. The van der Waals surface area contributed by atoms with E-state index < -0.39 is 21.8 Å². The van der Waals surface area contributed by atoms with Crippen molar-refractivity contribution in [1.29, 1.82) is 0 Å². The molecule has 1 amide bonds. The molecule has 0 radical (unpaired) electrons. The van der Waals surface area contributed by atoms with Crippen LogP contribution >= 0.6 is 0 Å². The number of nitrogens with zero attached hydrogens (tertiary/aromatic N) is 1. The number of rotatable bonds is 5. The number of hydroxylamine groups is 2. The zero-order valence-corrected chi connectivity index (χ0v) is 14.8. The number of hydrogen-bond donors (Lipinski definition) is 1. The van der Waals surface area contributed by atoms with Gasteiger partial charge in [0.05, 0.1) is 10.1 Å². The fraction of sp³-hybridized carbons (Fsp3) is 0.364. The van der Waals surface area contributed by atoms with Crippen molar-refractivity contribution in [3.05, 3.63) is 35.4 Å². The Morgan fingerprint density at radius 3 is 2.32 bits per heavy atom. The van der Waals surface area contributed by atoms with Gasteiger partial charge in [-0.15, -0.1) is 0 Å².